The summed E-state index contributed by atoms with van der Waals surface area (Å²) in [5.74, 6) is 0.758. The highest BCUT2D eigenvalue weighted by Crippen LogP contribution is 2.26. The molecule has 16 heavy (non-hydrogen) atoms. The van der Waals surface area contributed by atoms with Crippen molar-refractivity contribution in [2.45, 2.75) is 26.2 Å². The summed E-state index contributed by atoms with van der Waals surface area (Å²) in [4.78, 5) is 9.56. The smallest absolute Gasteiger partial charge is 0.222 e. The van der Waals surface area contributed by atoms with Crippen molar-refractivity contribution in [3.63, 3.8) is 0 Å². The van der Waals surface area contributed by atoms with E-state index in [9.17, 15) is 4.39 Å². The zero-order valence-electron chi connectivity index (χ0n) is 9.49. The van der Waals surface area contributed by atoms with Gasteiger partial charge in [0.2, 0.25) is 5.95 Å². The third-order valence-corrected chi connectivity index (χ3v) is 3.03. The summed E-state index contributed by atoms with van der Waals surface area (Å²) in [6, 6.07) is 0. The molecule has 1 aromatic rings. The van der Waals surface area contributed by atoms with E-state index in [2.05, 4.69) is 16.9 Å². The maximum Gasteiger partial charge on any atom is 0.222 e. The van der Waals surface area contributed by atoms with Crippen LogP contribution in [0.25, 0.3) is 0 Å². The fourth-order valence-corrected chi connectivity index (χ4v) is 2.26. The van der Waals surface area contributed by atoms with Crippen LogP contribution in [0.3, 0.4) is 0 Å². The Morgan fingerprint density at radius 3 is 3.19 bits per heavy atom. The highest BCUT2D eigenvalue weighted by molar-refractivity contribution is 5.43. The number of nitrogens with two attached hydrogens (primary N) is 1. The van der Waals surface area contributed by atoms with Crippen molar-refractivity contribution < 1.29 is 4.39 Å². The lowest BCUT2D eigenvalue weighted by Crippen LogP contribution is -2.22. The minimum Gasteiger partial charge on any atom is -0.368 e. The summed E-state index contributed by atoms with van der Waals surface area (Å²) in [7, 11) is 0. The Kier molecular flexibility index (Phi) is 3.22. The van der Waals surface area contributed by atoms with Crippen LogP contribution < -0.4 is 10.6 Å². The van der Waals surface area contributed by atoms with Crippen molar-refractivity contribution >= 4 is 11.8 Å². The minimum atomic E-state index is -0.383. The van der Waals surface area contributed by atoms with Crippen LogP contribution in [0.4, 0.5) is 16.2 Å². The van der Waals surface area contributed by atoms with E-state index in [1.807, 2.05) is 4.90 Å². The molecule has 0 bridgehead atoms. The fraction of sp³-hybridized carbons (Fsp3) is 0.636. The second-order valence-corrected chi connectivity index (χ2v) is 4.29. The van der Waals surface area contributed by atoms with E-state index in [0.717, 1.165) is 25.7 Å². The molecule has 88 valence electrons. The largest absolute Gasteiger partial charge is 0.368 e. The molecule has 4 nitrogen and oxygen atoms in total. The van der Waals surface area contributed by atoms with Gasteiger partial charge < -0.3 is 10.6 Å². The quantitative estimate of drug-likeness (QED) is 0.851. The van der Waals surface area contributed by atoms with Crippen LogP contribution in [0, 0.1) is 11.7 Å². The Bertz CT molecular complexity index is 369. The molecule has 2 heterocycles. The average molecular weight is 224 g/mol. The number of aromatic nitrogens is 2. The lowest BCUT2D eigenvalue weighted by Gasteiger charge is -2.17. The van der Waals surface area contributed by atoms with E-state index in [4.69, 9.17) is 5.73 Å². The van der Waals surface area contributed by atoms with Gasteiger partial charge in [0, 0.05) is 13.1 Å². The number of nitrogens with zero attached hydrogens (tertiary/aromatic N) is 3. The molecule has 5 heteroatoms. The SMILES string of the molecule is CCCC1CCN(c2nc(N)ncc2F)C1. The molecule has 0 saturated carbocycles. The summed E-state index contributed by atoms with van der Waals surface area (Å²) in [6.45, 7) is 3.91. The van der Waals surface area contributed by atoms with E-state index in [0.29, 0.717) is 11.7 Å². The third-order valence-electron chi connectivity index (χ3n) is 3.03. The molecular weight excluding hydrogens is 207 g/mol. The van der Waals surface area contributed by atoms with Crippen LogP contribution in [0.1, 0.15) is 26.2 Å². The minimum absolute atomic E-state index is 0.135. The van der Waals surface area contributed by atoms with Gasteiger partial charge in [-0.1, -0.05) is 13.3 Å². The normalized spacial score (nSPS) is 20.4. The molecule has 0 spiro atoms. The van der Waals surface area contributed by atoms with Crippen LogP contribution in [0.2, 0.25) is 0 Å². The Hall–Kier alpha value is -1.39. The van der Waals surface area contributed by atoms with Crippen LogP contribution in [-0.2, 0) is 0 Å². The van der Waals surface area contributed by atoms with Crippen LogP contribution in [0.5, 0.6) is 0 Å². The van der Waals surface area contributed by atoms with Crippen molar-refractivity contribution in [1.82, 2.24) is 9.97 Å². The maximum atomic E-state index is 13.5. The van der Waals surface area contributed by atoms with Crippen LogP contribution >= 0.6 is 0 Å². The molecule has 1 aliphatic rings. The van der Waals surface area contributed by atoms with Gasteiger partial charge in [-0.25, -0.2) is 9.37 Å². The summed E-state index contributed by atoms with van der Waals surface area (Å²) in [6.07, 6.45) is 4.62. The molecule has 1 aromatic heterocycles. The monoisotopic (exact) mass is 224 g/mol. The van der Waals surface area contributed by atoms with E-state index < -0.39 is 0 Å². The summed E-state index contributed by atoms with van der Waals surface area (Å²) in [5.41, 5.74) is 5.47. The second-order valence-electron chi connectivity index (χ2n) is 4.29. The first-order valence-electron chi connectivity index (χ1n) is 5.73. The Morgan fingerprint density at radius 2 is 2.44 bits per heavy atom. The number of hydrogen-bond acceptors (Lipinski definition) is 4. The van der Waals surface area contributed by atoms with Crippen molar-refractivity contribution in [2.75, 3.05) is 23.7 Å². The van der Waals surface area contributed by atoms with Gasteiger partial charge in [-0.3, -0.25) is 0 Å². The van der Waals surface area contributed by atoms with E-state index in [-0.39, 0.29) is 11.8 Å². The molecule has 1 atom stereocenters. The number of rotatable bonds is 3. The highest BCUT2D eigenvalue weighted by atomic mass is 19.1. The average Bonchev–Trinajstić information content (AvgIpc) is 2.71. The van der Waals surface area contributed by atoms with E-state index in [1.54, 1.807) is 0 Å². The molecule has 2 rings (SSSR count). The number of halogens is 1. The summed E-state index contributed by atoms with van der Waals surface area (Å²) >= 11 is 0. The molecule has 1 fully saturated rings. The molecule has 0 aliphatic carbocycles. The lowest BCUT2D eigenvalue weighted by molar-refractivity contribution is 0.528. The third kappa shape index (κ3) is 2.23. The van der Waals surface area contributed by atoms with E-state index >= 15 is 0 Å². The van der Waals surface area contributed by atoms with Gasteiger partial charge in [-0.05, 0) is 18.8 Å². The standard InChI is InChI=1S/C11H17FN4/c1-2-3-8-4-5-16(7-8)10-9(12)6-14-11(13)15-10/h6,8H,2-5,7H2,1H3,(H2,13,14,15). The number of hydrogen-bond donors (Lipinski definition) is 1. The van der Waals surface area contributed by atoms with Gasteiger partial charge in [0.05, 0.1) is 6.20 Å². The van der Waals surface area contributed by atoms with Crippen molar-refractivity contribution in [3.05, 3.63) is 12.0 Å². The van der Waals surface area contributed by atoms with Crippen molar-refractivity contribution in [2.24, 2.45) is 5.92 Å². The molecular formula is C11H17FN4. The van der Waals surface area contributed by atoms with Gasteiger partial charge in [-0.2, -0.15) is 4.98 Å². The van der Waals surface area contributed by atoms with Gasteiger partial charge in [-0.15, -0.1) is 0 Å². The van der Waals surface area contributed by atoms with Gasteiger partial charge in [0.25, 0.3) is 0 Å². The Balaban J connectivity index is 2.11. The van der Waals surface area contributed by atoms with Crippen molar-refractivity contribution in [1.29, 1.82) is 0 Å². The van der Waals surface area contributed by atoms with Crippen LogP contribution in [-0.4, -0.2) is 23.1 Å². The first kappa shape index (κ1) is 11.1. The first-order valence-corrected chi connectivity index (χ1v) is 5.73. The van der Waals surface area contributed by atoms with Crippen LogP contribution in [0.15, 0.2) is 6.20 Å². The van der Waals surface area contributed by atoms with Gasteiger partial charge in [0.1, 0.15) is 0 Å². The predicted octanol–water partition coefficient (Wildman–Crippen LogP) is 1.82. The zero-order valence-corrected chi connectivity index (χ0v) is 9.49. The molecule has 0 radical (unpaired) electrons. The molecule has 0 amide bonds. The summed E-state index contributed by atoms with van der Waals surface area (Å²) < 4.78 is 13.5. The molecule has 0 aromatic carbocycles. The van der Waals surface area contributed by atoms with E-state index in [1.165, 1.54) is 12.8 Å². The predicted molar refractivity (Wildman–Crippen MR) is 61.6 cm³/mol. The Labute approximate surface area is 94.7 Å². The molecule has 1 saturated heterocycles. The molecule has 2 N–H and O–H groups in total. The summed E-state index contributed by atoms with van der Waals surface area (Å²) in [5, 5.41) is 0. The lowest BCUT2D eigenvalue weighted by atomic mass is 10.0. The molecule has 1 aliphatic heterocycles. The maximum absolute atomic E-state index is 13.5. The molecule has 1 unspecified atom stereocenters. The topological polar surface area (TPSA) is 55.0 Å². The van der Waals surface area contributed by atoms with Gasteiger partial charge >= 0.3 is 0 Å². The van der Waals surface area contributed by atoms with Crippen molar-refractivity contribution in [3.8, 4) is 0 Å². The highest BCUT2D eigenvalue weighted by Gasteiger charge is 2.25. The van der Waals surface area contributed by atoms with Gasteiger partial charge in [0.15, 0.2) is 11.6 Å². The fourth-order valence-electron chi connectivity index (χ4n) is 2.26. The zero-order chi connectivity index (χ0) is 11.5. The number of anilines is 2. The second kappa shape index (κ2) is 4.63. The Morgan fingerprint density at radius 1 is 1.62 bits per heavy atom. The number of nitrogen functional groups attached to an aromatic ring is 1. The first-order chi connectivity index (χ1) is 7.70.